The first-order valence-electron chi connectivity index (χ1n) is 8.40. The summed E-state index contributed by atoms with van der Waals surface area (Å²) in [4.78, 5) is 2.51. The van der Waals surface area contributed by atoms with Crippen LogP contribution in [0.1, 0.15) is 34.1 Å². The summed E-state index contributed by atoms with van der Waals surface area (Å²) in [5, 5.41) is 6.27. The summed E-state index contributed by atoms with van der Waals surface area (Å²) in [5.41, 5.74) is 1.56. The van der Waals surface area contributed by atoms with Crippen LogP contribution in [-0.2, 0) is 0 Å². The smallest absolute Gasteiger partial charge is 0.119 e. The van der Waals surface area contributed by atoms with Gasteiger partial charge >= 0.3 is 0 Å². The van der Waals surface area contributed by atoms with Gasteiger partial charge in [-0.05, 0) is 69.2 Å². The van der Waals surface area contributed by atoms with Crippen molar-refractivity contribution in [2.45, 2.75) is 45.2 Å². The Morgan fingerprint density at radius 3 is 2.33 bits per heavy atom. The Kier molecular flexibility index (Phi) is 5.36. The van der Waals surface area contributed by atoms with Gasteiger partial charge in [0.25, 0.3) is 0 Å². The fourth-order valence-electron chi connectivity index (χ4n) is 3.74. The third-order valence-electron chi connectivity index (χ3n) is 4.67. The molecule has 0 bridgehead atoms. The highest BCUT2D eigenvalue weighted by molar-refractivity contribution is 5.87. The van der Waals surface area contributed by atoms with E-state index in [2.05, 4.69) is 68.2 Å². The van der Waals surface area contributed by atoms with Crippen LogP contribution < -0.4 is 15.0 Å². The van der Waals surface area contributed by atoms with Gasteiger partial charge in [-0.25, -0.2) is 0 Å². The van der Waals surface area contributed by atoms with E-state index < -0.39 is 0 Å². The number of hydrogen-bond donors (Lipinski definition) is 1. The number of anilines is 1. The number of hydrogen-bond acceptors (Lipinski definition) is 3. The van der Waals surface area contributed by atoms with E-state index in [1.165, 1.54) is 16.5 Å². The van der Waals surface area contributed by atoms with Crippen LogP contribution in [0.2, 0.25) is 0 Å². The number of rotatable bonds is 2. The second-order valence-electron chi connectivity index (χ2n) is 7.96. The van der Waals surface area contributed by atoms with Crippen LogP contribution in [0.15, 0.2) is 36.4 Å². The van der Waals surface area contributed by atoms with Crippen molar-refractivity contribution >= 4 is 28.9 Å². The van der Waals surface area contributed by atoms with Crippen LogP contribution in [0.25, 0.3) is 10.8 Å². The Morgan fingerprint density at radius 2 is 1.62 bits per heavy atom. The lowest BCUT2D eigenvalue weighted by molar-refractivity contribution is 0.284. The molecule has 1 aliphatic heterocycles. The minimum absolute atomic E-state index is 0. The molecule has 0 aromatic heterocycles. The van der Waals surface area contributed by atoms with E-state index in [4.69, 9.17) is 4.74 Å². The van der Waals surface area contributed by atoms with E-state index in [1.807, 2.05) is 6.07 Å². The fraction of sp³-hybridized carbons (Fsp3) is 0.500. The van der Waals surface area contributed by atoms with Gasteiger partial charge in [0, 0.05) is 29.9 Å². The third kappa shape index (κ3) is 4.14. The highest BCUT2D eigenvalue weighted by atomic mass is 35.5. The zero-order valence-electron chi connectivity index (χ0n) is 15.3. The highest BCUT2D eigenvalue weighted by Crippen LogP contribution is 2.29. The molecule has 3 nitrogen and oxygen atoms in total. The van der Waals surface area contributed by atoms with Gasteiger partial charge in [-0.1, -0.05) is 12.1 Å². The van der Waals surface area contributed by atoms with Crippen molar-refractivity contribution in [3.05, 3.63) is 36.4 Å². The summed E-state index contributed by atoms with van der Waals surface area (Å²) in [7, 11) is 1.71. The van der Waals surface area contributed by atoms with Crippen molar-refractivity contribution in [2.75, 3.05) is 25.1 Å². The predicted molar refractivity (Wildman–Crippen MR) is 106 cm³/mol. The number of nitrogens with one attached hydrogen (secondary N) is 1. The molecule has 24 heavy (non-hydrogen) atoms. The first-order chi connectivity index (χ1) is 10.8. The maximum absolute atomic E-state index is 5.32. The Morgan fingerprint density at radius 1 is 0.958 bits per heavy atom. The number of nitrogens with zero attached hydrogens (tertiary/aromatic N) is 1. The standard InChI is InChI=1S/C20H28N2O.ClH/c1-19(2)10-11-22(14-20(3,4)21-19)17-8-6-16-13-18(23-5)9-7-15(16)12-17;/h6-9,12-13,21H,10-11,14H2,1-5H3;1H. The molecule has 2 aromatic rings. The van der Waals surface area contributed by atoms with Gasteiger partial charge in [-0.2, -0.15) is 0 Å². The Labute approximate surface area is 151 Å². The van der Waals surface area contributed by atoms with Gasteiger partial charge in [0.15, 0.2) is 0 Å². The molecule has 2 aromatic carbocycles. The number of ether oxygens (including phenoxy) is 1. The largest absolute Gasteiger partial charge is 0.497 e. The van der Waals surface area contributed by atoms with Gasteiger partial charge < -0.3 is 15.0 Å². The molecule has 0 aliphatic carbocycles. The number of methoxy groups -OCH3 is 1. The molecule has 1 N–H and O–H groups in total. The molecule has 3 rings (SSSR count). The van der Waals surface area contributed by atoms with Gasteiger partial charge in [-0.3, -0.25) is 0 Å². The molecule has 1 fully saturated rings. The van der Waals surface area contributed by atoms with Crippen molar-refractivity contribution in [1.82, 2.24) is 5.32 Å². The summed E-state index contributed by atoms with van der Waals surface area (Å²) in [6.07, 6.45) is 1.14. The summed E-state index contributed by atoms with van der Waals surface area (Å²) in [6.45, 7) is 11.3. The topological polar surface area (TPSA) is 24.5 Å². The van der Waals surface area contributed by atoms with Crippen molar-refractivity contribution in [2.24, 2.45) is 0 Å². The van der Waals surface area contributed by atoms with Crippen molar-refractivity contribution in [3.63, 3.8) is 0 Å². The molecule has 132 valence electrons. The minimum atomic E-state index is 0. The van der Waals surface area contributed by atoms with Gasteiger partial charge in [0.05, 0.1) is 7.11 Å². The minimum Gasteiger partial charge on any atom is -0.497 e. The highest BCUT2D eigenvalue weighted by Gasteiger charge is 2.33. The van der Waals surface area contributed by atoms with Crippen LogP contribution >= 0.6 is 12.4 Å². The maximum Gasteiger partial charge on any atom is 0.119 e. The van der Waals surface area contributed by atoms with Crippen LogP contribution in [0.4, 0.5) is 5.69 Å². The van der Waals surface area contributed by atoms with Gasteiger partial charge in [0.2, 0.25) is 0 Å². The zero-order valence-corrected chi connectivity index (χ0v) is 16.2. The lowest BCUT2D eigenvalue weighted by Gasteiger charge is -2.35. The van der Waals surface area contributed by atoms with E-state index in [-0.39, 0.29) is 23.5 Å². The molecule has 1 saturated heterocycles. The Bertz CT molecular complexity index is 712. The van der Waals surface area contributed by atoms with Crippen molar-refractivity contribution in [1.29, 1.82) is 0 Å². The molecule has 4 heteroatoms. The lowest BCUT2D eigenvalue weighted by Crippen LogP contribution is -2.53. The lowest BCUT2D eigenvalue weighted by atomic mass is 9.96. The van der Waals surface area contributed by atoms with Crippen LogP contribution in [0.3, 0.4) is 0 Å². The number of benzene rings is 2. The molecule has 0 amide bonds. The normalized spacial score (nSPS) is 19.5. The summed E-state index contributed by atoms with van der Waals surface area (Å²) < 4.78 is 5.32. The Hall–Kier alpha value is -1.45. The fourth-order valence-corrected chi connectivity index (χ4v) is 3.74. The van der Waals surface area contributed by atoms with E-state index in [9.17, 15) is 0 Å². The molecular formula is C20H29ClN2O. The predicted octanol–water partition coefficient (Wildman–Crippen LogP) is 4.63. The summed E-state index contributed by atoms with van der Waals surface area (Å²) in [6, 6.07) is 13.0. The second-order valence-corrected chi connectivity index (χ2v) is 7.96. The molecule has 0 spiro atoms. The number of halogens is 1. The van der Waals surface area contributed by atoms with E-state index in [0.717, 1.165) is 25.3 Å². The third-order valence-corrected chi connectivity index (χ3v) is 4.67. The van der Waals surface area contributed by atoms with Gasteiger partial charge in [0.1, 0.15) is 5.75 Å². The van der Waals surface area contributed by atoms with Crippen LogP contribution in [0.5, 0.6) is 5.75 Å². The number of fused-ring (bicyclic) bond motifs is 1. The Balaban J connectivity index is 0.00000208. The molecule has 1 aliphatic rings. The second kappa shape index (κ2) is 6.81. The maximum atomic E-state index is 5.32. The first-order valence-corrected chi connectivity index (χ1v) is 8.40. The first kappa shape index (κ1) is 18.9. The van der Waals surface area contributed by atoms with Crippen molar-refractivity contribution < 1.29 is 4.74 Å². The molecular weight excluding hydrogens is 320 g/mol. The molecule has 0 unspecified atom stereocenters. The summed E-state index contributed by atoms with van der Waals surface area (Å²) in [5.74, 6) is 0.909. The zero-order chi connectivity index (χ0) is 16.7. The molecule has 0 saturated carbocycles. The SMILES string of the molecule is COc1ccc2cc(N3CCC(C)(C)NC(C)(C)C3)ccc2c1.Cl. The van der Waals surface area contributed by atoms with E-state index in [0.29, 0.717) is 0 Å². The average molecular weight is 349 g/mol. The quantitative estimate of drug-likeness (QED) is 0.856. The monoisotopic (exact) mass is 348 g/mol. The van der Waals surface area contributed by atoms with E-state index >= 15 is 0 Å². The van der Waals surface area contributed by atoms with Crippen molar-refractivity contribution in [3.8, 4) is 5.75 Å². The van der Waals surface area contributed by atoms with Gasteiger partial charge in [-0.15, -0.1) is 12.4 Å². The van der Waals surface area contributed by atoms with E-state index in [1.54, 1.807) is 7.11 Å². The van der Waals surface area contributed by atoms with Crippen LogP contribution in [0, 0.1) is 0 Å². The molecule has 1 heterocycles. The molecule has 0 radical (unpaired) electrons. The average Bonchev–Trinajstić information content (AvgIpc) is 2.60. The summed E-state index contributed by atoms with van der Waals surface area (Å²) >= 11 is 0. The molecule has 0 atom stereocenters. The van der Waals surface area contributed by atoms with Crippen LogP contribution in [-0.4, -0.2) is 31.3 Å².